The standard InChI is InChI=1S/C23H36N2O4/c1-16-11-9-10-14-19(16)24-21(26)20(25-22(27)29-23(3,4)5)17(2)28-15-18-12-7-6-8-13-18/h6-8,12-13,16-17,19-20H,9-11,14-15H2,1-5H3,(H,24,26)(H,25,27)/t16-,17-,19+,20+/m1/s1. The molecule has 0 spiro atoms. The maximum atomic E-state index is 13.0. The van der Waals surface area contributed by atoms with Crippen LogP contribution in [0, 0.1) is 5.92 Å². The highest BCUT2D eigenvalue weighted by molar-refractivity contribution is 5.86. The first-order chi connectivity index (χ1) is 13.7. The largest absolute Gasteiger partial charge is 0.444 e. The van der Waals surface area contributed by atoms with Crippen molar-refractivity contribution < 1.29 is 19.1 Å². The number of carbonyl (C=O) groups excluding carboxylic acids is 2. The van der Waals surface area contributed by atoms with Crippen molar-refractivity contribution in [1.82, 2.24) is 10.6 Å². The second-order valence-corrected chi connectivity index (χ2v) is 9.00. The number of alkyl carbamates (subject to hydrolysis) is 1. The first-order valence-electron chi connectivity index (χ1n) is 10.6. The van der Waals surface area contributed by atoms with Gasteiger partial charge in [-0.15, -0.1) is 0 Å². The Morgan fingerprint density at radius 3 is 2.41 bits per heavy atom. The Labute approximate surface area is 174 Å². The first-order valence-corrected chi connectivity index (χ1v) is 10.6. The summed E-state index contributed by atoms with van der Waals surface area (Å²) in [6, 6.07) is 9.05. The van der Waals surface area contributed by atoms with E-state index in [-0.39, 0.29) is 11.9 Å². The van der Waals surface area contributed by atoms with E-state index in [9.17, 15) is 9.59 Å². The minimum atomic E-state index is -0.831. The zero-order valence-electron chi connectivity index (χ0n) is 18.4. The summed E-state index contributed by atoms with van der Waals surface area (Å²) in [6.07, 6.45) is 3.25. The molecule has 0 saturated heterocycles. The van der Waals surface area contributed by atoms with Gasteiger partial charge in [-0.2, -0.15) is 0 Å². The Bertz CT molecular complexity index is 657. The van der Waals surface area contributed by atoms with Crippen molar-refractivity contribution in [2.24, 2.45) is 5.92 Å². The van der Waals surface area contributed by atoms with Gasteiger partial charge in [-0.3, -0.25) is 4.79 Å². The number of carbonyl (C=O) groups is 2. The molecule has 6 heteroatoms. The molecule has 1 aliphatic carbocycles. The van der Waals surface area contributed by atoms with Crippen molar-refractivity contribution in [3.8, 4) is 0 Å². The molecule has 2 rings (SSSR count). The molecule has 0 heterocycles. The van der Waals surface area contributed by atoms with Crippen LogP contribution < -0.4 is 10.6 Å². The lowest BCUT2D eigenvalue weighted by Gasteiger charge is -2.32. The van der Waals surface area contributed by atoms with Crippen LogP contribution in [0.5, 0.6) is 0 Å². The minimum Gasteiger partial charge on any atom is -0.444 e. The third-order valence-corrected chi connectivity index (χ3v) is 5.22. The van der Waals surface area contributed by atoms with Crippen LogP contribution in [0.25, 0.3) is 0 Å². The molecule has 2 amide bonds. The van der Waals surface area contributed by atoms with Crippen LogP contribution in [0.3, 0.4) is 0 Å². The van der Waals surface area contributed by atoms with Crippen LogP contribution in [0.15, 0.2) is 30.3 Å². The summed E-state index contributed by atoms with van der Waals surface area (Å²) in [5.41, 5.74) is 0.369. The molecule has 0 bridgehead atoms. The number of benzene rings is 1. The van der Waals surface area contributed by atoms with Crippen molar-refractivity contribution in [3.05, 3.63) is 35.9 Å². The molecule has 1 aromatic rings. The summed E-state index contributed by atoms with van der Waals surface area (Å²) in [6.45, 7) is 9.70. The van der Waals surface area contributed by atoms with Crippen molar-refractivity contribution in [2.75, 3.05) is 0 Å². The lowest BCUT2D eigenvalue weighted by Crippen LogP contribution is -2.56. The highest BCUT2D eigenvalue weighted by Crippen LogP contribution is 2.24. The average Bonchev–Trinajstić information content (AvgIpc) is 2.65. The van der Waals surface area contributed by atoms with Gasteiger partial charge in [0.1, 0.15) is 11.6 Å². The number of hydrogen-bond acceptors (Lipinski definition) is 4. The highest BCUT2D eigenvalue weighted by Gasteiger charge is 2.32. The predicted molar refractivity (Wildman–Crippen MR) is 113 cm³/mol. The molecule has 1 fully saturated rings. The van der Waals surface area contributed by atoms with Crippen LogP contribution in [0.2, 0.25) is 0 Å². The molecule has 29 heavy (non-hydrogen) atoms. The van der Waals surface area contributed by atoms with Gasteiger partial charge >= 0.3 is 6.09 Å². The van der Waals surface area contributed by atoms with E-state index in [0.717, 1.165) is 24.8 Å². The molecule has 4 atom stereocenters. The first kappa shape index (κ1) is 23.2. The maximum absolute atomic E-state index is 13.0. The van der Waals surface area contributed by atoms with E-state index in [0.29, 0.717) is 12.5 Å². The Hall–Kier alpha value is -2.08. The number of amides is 2. The Balaban J connectivity index is 2.04. The summed E-state index contributed by atoms with van der Waals surface area (Å²) >= 11 is 0. The molecule has 6 nitrogen and oxygen atoms in total. The highest BCUT2D eigenvalue weighted by atomic mass is 16.6. The zero-order valence-corrected chi connectivity index (χ0v) is 18.4. The number of nitrogens with one attached hydrogen (secondary N) is 2. The number of hydrogen-bond donors (Lipinski definition) is 2. The molecular weight excluding hydrogens is 368 g/mol. The average molecular weight is 405 g/mol. The van der Waals surface area contributed by atoms with Gasteiger partial charge in [0.05, 0.1) is 12.7 Å². The summed E-state index contributed by atoms with van der Waals surface area (Å²) < 4.78 is 11.3. The Morgan fingerprint density at radius 1 is 1.14 bits per heavy atom. The SMILES string of the molecule is C[C@@H]1CCCC[C@@H]1NC(=O)[C@@H](NC(=O)OC(C)(C)C)[C@@H](C)OCc1ccccc1. The molecule has 0 aromatic heterocycles. The van der Waals surface area contributed by atoms with Gasteiger partial charge in [-0.25, -0.2) is 4.79 Å². The fourth-order valence-corrected chi connectivity index (χ4v) is 3.53. The molecule has 162 valence electrons. The van der Waals surface area contributed by atoms with E-state index >= 15 is 0 Å². The second-order valence-electron chi connectivity index (χ2n) is 9.00. The summed E-state index contributed by atoms with van der Waals surface area (Å²) in [5, 5.41) is 5.84. The van der Waals surface area contributed by atoms with Gasteiger partial charge in [-0.1, -0.05) is 50.1 Å². The lowest BCUT2D eigenvalue weighted by atomic mass is 9.86. The molecule has 0 aliphatic heterocycles. The van der Waals surface area contributed by atoms with Gasteiger partial charge in [0.2, 0.25) is 5.91 Å². The zero-order chi connectivity index (χ0) is 21.4. The van der Waals surface area contributed by atoms with Crippen molar-refractivity contribution in [3.63, 3.8) is 0 Å². The smallest absolute Gasteiger partial charge is 0.408 e. The summed E-state index contributed by atoms with van der Waals surface area (Å²) in [4.78, 5) is 25.4. The molecule has 2 N–H and O–H groups in total. The number of rotatable bonds is 7. The Morgan fingerprint density at radius 2 is 1.79 bits per heavy atom. The fraction of sp³-hybridized carbons (Fsp3) is 0.652. The van der Waals surface area contributed by atoms with E-state index < -0.39 is 23.8 Å². The second kappa shape index (κ2) is 10.6. The van der Waals surface area contributed by atoms with Gasteiger partial charge in [0, 0.05) is 6.04 Å². The van der Waals surface area contributed by atoms with Gasteiger partial charge in [0.25, 0.3) is 0 Å². The topological polar surface area (TPSA) is 76.7 Å². The molecule has 1 aliphatic rings. The van der Waals surface area contributed by atoms with E-state index in [1.807, 2.05) is 30.3 Å². The number of ether oxygens (including phenoxy) is 2. The molecule has 1 saturated carbocycles. The minimum absolute atomic E-state index is 0.125. The van der Waals surface area contributed by atoms with Crippen LogP contribution in [-0.2, 0) is 20.9 Å². The van der Waals surface area contributed by atoms with Crippen molar-refractivity contribution in [1.29, 1.82) is 0 Å². The molecular formula is C23H36N2O4. The van der Waals surface area contributed by atoms with E-state index in [2.05, 4.69) is 17.6 Å². The van der Waals surface area contributed by atoms with E-state index in [4.69, 9.17) is 9.47 Å². The van der Waals surface area contributed by atoms with E-state index in [1.54, 1.807) is 27.7 Å². The van der Waals surface area contributed by atoms with Crippen molar-refractivity contribution >= 4 is 12.0 Å². The van der Waals surface area contributed by atoms with E-state index in [1.165, 1.54) is 6.42 Å². The van der Waals surface area contributed by atoms with Gasteiger partial charge in [-0.05, 0) is 52.0 Å². The summed E-state index contributed by atoms with van der Waals surface area (Å²) in [5.74, 6) is 0.200. The monoisotopic (exact) mass is 404 g/mol. The quantitative estimate of drug-likeness (QED) is 0.715. The third kappa shape index (κ3) is 8.05. The van der Waals surface area contributed by atoms with Crippen LogP contribution in [0.4, 0.5) is 4.79 Å². The normalized spacial score (nSPS) is 21.7. The fourth-order valence-electron chi connectivity index (χ4n) is 3.53. The maximum Gasteiger partial charge on any atom is 0.408 e. The summed E-state index contributed by atoms with van der Waals surface area (Å²) in [7, 11) is 0. The molecule has 1 aromatic carbocycles. The lowest BCUT2D eigenvalue weighted by molar-refractivity contribution is -0.128. The van der Waals surface area contributed by atoms with Crippen molar-refractivity contribution in [2.45, 2.75) is 90.7 Å². The van der Waals surface area contributed by atoms with Crippen LogP contribution in [-0.4, -0.2) is 35.8 Å². The van der Waals surface area contributed by atoms with Gasteiger partial charge < -0.3 is 20.1 Å². The van der Waals surface area contributed by atoms with Crippen LogP contribution >= 0.6 is 0 Å². The Kier molecular flexibility index (Phi) is 8.50. The van der Waals surface area contributed by atoms with Crippen LogP contribution in [0.1, 0.15) is 65.9 Å². The van der Waals surface area contributed by atoms with Gasteiger partial charge in [0.15, 0.2) is 0 Å². The molecule has 0 radical (unpaired) electrons. The molecule has 0 unspecified atom stereocenters. The predicted octanol–water partition coefficient (Wildman–Crippen LogP) is 4.18. The third-order valence-electron chi connectivity index (χ3n) is 5.22.